The standard InChI is InChI=1S/C19H34N4O/c1-5-6-11-23(4)12-16-17(21-22-20-16)15-7-9-19(10-8-15)13-18(2,3)14-24-19/h15H,5-14H2,1-4H3,(H,20,21,22). The Labute approximate surface area is 146 Å². The minimum absolute atomic E-state index is 0.141. The molecule has 1 N–H and O–H groups in total. The first-order valence-electron chi connectivity index (χ1n) is 9.65. The van der Waals surface area contributed by atoms with Crippen LogP contribution in [0.25, 0.3) is 0 Å². The van der Waals surface area contributed by atoms with Crippen LogP contribution in [0.4, 0.5) is 0 Å². The number of rotatable bonds is 6. The lowest BCUT2D eigenvalue weighted by Crippen LogP contribution is -2.34. The number of aromatic nitrogens is 3. The maximum atomic E-state index is 6.25. The highest BCUT2D eigenvalue weighted by Crippen LogP contribution is 2.49. The SMILES string of the molecule is CCCCN(C)Cc1n[nH]nc1C1CCC2(CC1)CC(C)(C)CO2. The van der Waals surface area contributed by atoms with E-state index in [1.54, 1.807) is 0 Å². The van der Waals surface area contributed by atoms with Crippen LogP contribution in [-0.2, 0) is 11.3 Å². The van der Waals surface area contributed by atoms with Crippen molar-refractivity contribution in [3.63, 3.8) is 0 Å². The maximum Gasteiger partial charge on any atom is 0.0999 e. The van der Waals surface area contributed by atoms with Crippen LogP contribution in [0.2, 0.25) is 0 Å². The molecule has 1 spiro atoms. The number of hydrogen-bond donors (Lipinski definition) is 1. The fourth-order valence-corrected chi connectivity index (χ4v) is 4.53. The van der Waals surface area contributed by atoms with E-state index in [1.165, 1.54) is 50.6 Å². The molecule has 24 heavy (non-hydrogen) atoms. The molecule has 1 aliphatic carbocycles. The molecule has 0 atom stereocenters. The van der Waals surface area contributed by atoms with Gasteiger partial charge in [-0.15, -0.1) is 0 Å². The molecule has 1 saturated heterocycles. The molecule has 2 fully saturated rings. The molecule has 0 amide bonds. The lowest BCUT2D eigenvalue weighted by molar-refractivity contribution is -0.0296. The normalized spacial score (nSPS) is 29.6. The van der Waals surface area contributed by atoms with Gasteiger partial charge in [0.2, 0.25) is 0 Å². The van der Waals surface area contributed by atoms with Gasteiger partial charge in [0.15, 0.2) is 0 Å². The Morgan fingerprint density at radius 3 is 2.62 bits per heavy atom. The van der Waals surface area contributed by atoms with E-state index in [1.807, 2.05) is 0 Å². The van der Waals surface area contributed by atoms with Crippen molar-refractivity contribution in [3.8, 4) is 0 Å². The molecule has 5 nitrogen and oxygen atoms in total. The highest BCUT2D eigenvalue weighted by atomic mass is 16.5. The first-order valence-corrected chi connectivity index (χ1v) is 9.65. The number of nitrogens with one attached hydrogen (secondary N) is 1. The molecule has 1 aliphatic heterocycles. The first-order chi connectivity index (χ1) is 11.4. The van der Waals surface area contributed by atoms with Gasteiger partial charge in [0.05, 0.1) is 23.6 Å². The Morgan fingerprint density at radius 1 is 1.25 bits per heavy atom. The van der Waals surface area contributed by atoms with Gasteiger partial charge in [-0.1, -0.05) is 27.2 Å². The molecular formula is C19H34N4O. The van der Waals surface area contributed by atoms with Crippen LogP contribution in [0, 0.1) is 5.41 Å². The van der Waals surface area contributed by atoms with E-state index >= 15 is 0 Å². The van der Waals surface area contributed by atoms with Crippen molar-refractivity contribution < 1.29 is 4.74 Å². The van der Waals surface area contributed by atoms with Crippen molar-refractivity contribution in [1.82, 2.24) is 20.3 Å². The van der Waals surface area contributed by atoms with Crippen LogP contribution >= 0.6 is 0 Å². The average Bonchev–Trinajstić information content (AvgIpc) is 3.11. The summed E-state index contributed by atoms with van der Waals surface area (Å²) in [5, 5.41) is 11.8. The van der Waals surface area contributed by atoms with Crippen LogP contribution in [0.5, 0.6) is 0 Å². The first kappa shape index (κ1) is 17.9. The van der Waals surface area contributed by atoms with E-state index in [0.29, 0.717) is 11.3 Å². The van der Waals surface area contributed by atoms with Gasteiger partial charge in [0.25, 0.3) is 0 Å². The summed E-state index contributed by atoms with van der Waals surface area (Å²) in [6.45, 7) is 9.83. The molecule has 0 bridgehead atoms. The lowest BCUT2D eigenvalue weighted by atomic mass is 9.72. The average molecular weight is 335 g/mol. The van der Waals surface area contributed by atoms with Crippen molar-refractivity contribution in [1.29, 1.82) is 0 Å². The molecule has 1 saturated carbocycles. The minimum atomic E-state index is 0.141. The summed E-state index contributed by atoms with van der Waals surface area (Å²) in [7, 11) is 2.18. The van der Waals surface area contributed by atoms with Crippen molar-refractivity contribution in [2.45, 2.75) is 83.8 Å². The molecule has 0 unspecified atom stereocenters. The Kier molecular flexibility index (Phi) is 5.30. The van der Waals surface area contributed by atoms with Crippen molar-refractivity contribution in [2.75, 3.05) is 20.2 Å². The second kappa shape index (κ2) is 7.12. The number of hydrogen-bond acceptors (Lipinski definition) is 4. The van der Waals surface area contributed by atoms with Gasteiger partial charge < -0.3 is 9.64 Å². The monoisotopic (exact) mass is 334 g/mol. The van der Waals surface area contributed by atoms with Crippen molar-refractivity contribution in [2.24, 2.45) is 5.41 Å². The number of ether oxygens (including phenoxy) is 1. The topological polar surface area (TPSA) is 54.0 Å². The van der Waals surface area contributed by atoms with Gasteiger partial charge in [0.1, 0.15) is 0 Å². The number of H-pyrrole nitrogens is 1. The molecule has 3 rings (SSSR count). The maximum absolute atomic E-state index is 6.25. The fraction of sp³-hybridized carbons (Fsp3) is 0.895. The second-order valence-electron chi connectivity index (χ2n) is 8.83. The largest absolute Gasteiger partial charge is 0.374 e. The van der Waals surface area contributed by atoms with Gasteiger partial charge in [-0.25, -0.2) is 0 Å². The van der Waals surface area contributed by atoms with Crippen LogP contribution in [0.15, 0.2) is 0 Å². The summed E-state index contributed by atoms with van der Waals surface area (Å²) >= 11 is 0. The van der Waals surface area contributed by atoms with E-state index in [4.69, 9.17) is 4.74 Å². The van der Waals surface area contributed by atoms with E-state index in [2.05, 4.69) is 48.1 Å². The Morgan fingerprint density at radius 2 is 2.00 bits per heavy atom. The third kappa shape index (κ3) is 3.99. The van der Waals surface area contributed by atoms with Crippen LogP contribution in [0.3, 0.4) is 0 Å². The van der Waals surface area contributed by atoms with Crippen molar-refractivity contribution in [3.05, 3.63) is 11.4 Å². The third-order valence-corrected chi connectivity index (χ3v) is 5.82. The molecule has 0 aromatic carbocycles. The minimum Gasteiger partial charge on any atom is -0.374 e. The molecule has 1 aromatic rings. The van der Waals surface area contributed by atoms with Gasteiger partial charge in [-0.05, 0) is 57.5 Å². The zero-order valence-corrected chi connectivity index (χ0v) is 15.9. The summed E-state index contributed by atoms with van der Waals surface area (Å²) in [5.74, 6) is 0.538. The Balaban J connectivity index is 1.58. The highest BCUT2D eigenvalue weighted by molar-refractivity contribution is 5.16. The quantitative estimate of drug-likeness (QED) is 0.858. The van der Waals surface area contributed by atoms with Gasteiger partial charge >= 0.3 is 0 Å². The number of unbranched alkanes of at least 4 members (excludes halogenated alkanes) is 1. The summed E-state index contributed by atoms with van der Waals surface area (Å²) in [6, 6.07) is 0. The summed E-state index contributed by atoms with van der Waals surface area (Å²) in [4.78, 5) is 2.36. The summed E-state index contributed by atoms with van der Waals surface area (Å²) in [5.41, 5.74) is 2.82. The predicted molar refractivity (Wildman–Crippen MR) is 95.9 cm³/mol. The molecular weight excluding hydrogens is 300 g/mol. The zero-order valence-electron chi connectivity index (χ0n) is 15.9. The fourth-order valence-electron chi connectivity index (χ4n) is 4.53. The van der Waals surface area contributed by atoms with Crippen LogP contribution < -0.4 is 0 Å². The van der Waals surface area contributed by atoms with Crippen molar-refractivity contribution >= 4 is 0 Å². The van der Waals surface area contributed by atoms with E-state index in [9.17, 15) is 0 Å². The van der Waals surface area contributed by atoms with Crippen LogP contribution in [0.1, 0.15) is 83.0 Å². The third-order valence-electron chi connectivity index (χ3n) is 5.82. The summed E-state index contributed by atoms with van der Waals surface area (Å²) < 4.78 is 6.25. The van der Waals surface area contributed by atoms with Gasteiger partial charge in [-0.2, -0.15) is 15.4 Å². The Bertz CT molecular complexity index is 531. The zero-order chi connectivity index (χ0) is 17.2. The Hall–Kier alpha value is -0.940. The highest BCUT2D eigenvalue weighted by Gasteiger charge is 2.46. The number of nitrogens with zero attached hydrogens (tertiary/aromatic N) is 3. The molecule has 2 aliphatic rings. The lowest BCUT2D eigenvalue weighted by Gasteiger charge is -2.36. The molecule has 5 heteroatoms. The molecule has 2 heterocycles. The van der Waals surface area contributed by atoms with Crippen LogP contribution in [-0.4, -0.2) is 46.1 Å². The van der Waals surface area contributed by atoms with Gasteiger partial charge in [-0.3, -0.25) is 0 Å². The van der Waals surface area contributed by atoms with Gasteiger partial charge in [0, 0.05) is 12.5 Å². The smallest absolute Gasteiger partial charge is 0.0999 e. The molecule has 1 aromatic heterocycles. The summed E-state index contributed by atoms with van der Waals surface area (Å²) in [6.07, 6.45) is 8.36. The van der Waals surface area contributed by atoms with E-state index in [0.717, 1.165) is 25.4 Å². The second-order valence-corrected chi connectivity index (χ2v) is 8.83. The van der Waals surface area contributed by atoms with E-state index in [-0.39, 0.29) is 5.60 Å². The van der Waals surface area contributed by atoms with E-state index < -0.39 is 0 Å². The molecule has 136 valence electrons. The number of aromatic amines is 1. The predicted octanol–water partition coefficient (Wildman–Crippen LogP) is 3.88. The molecule has 0 radical (unpaired) electrons.